The third-order valence-corrected chi connectivity index (χ3v) is 4.43. The summed E-state index contributed by atoms with van der Waals surface area (Å²) in [7, 11) is 1.82. The second-order valence-electron chi connectivity index (χ2n) is 6.49. The molecule has 0 atom stereocenters. The first-order chi connectivity index (χ1) is 11.7. The van der Waals surface area contributed by atoms with Gasteiger partial charge in [0.15, 0.2) is 0 Å². The fourth-order valence-corrected chi connectivity index (χ4v) is 2.93. The maximum Gasteiger partial charge on any atom is 0.416 e. The molecule has 1 aromatic carbocycles. The van der Waals surface area contributed by atoms with Crippen LogP contribution < -0.4 is 16.4 Å². The monoisotopic (exact) mass is 423 g/mol. The highest BCUT2D eigenvalue weighted by molar-refractivity contribution is 5.85. The van der Waals surface area contributed by atoms with Gasteiger partial charge in [-0.2, -0.15) is 18.2 Å². The van der Waals surface area contributed by atoms with Crippen molar-refractivity contribution in [2.75, 3.05) is 17.7 Å². The number of rotatable bonds is 4. The van der Waals surface area contributed by atoms with E-state index in [1.165, 1.54) is 12.1 Å². The van der Waals surface area contributed by atoms with Gasteiger partial charge < -0.3 is 16.4 Å². The lowest BCUT2D eigenvalue weighted by atomic mass is 9.78. The van der Waals surface area contributed by atoms with Gasteiger partial charge in [-0.25, -0.2) is 4.98 Å². The van der Waals surface area contributed by atoms with Crippen molar-refractivity contribution in [2.45, 2.75) is 37.5 Å². The molecule has 0 unspecified atom stereocenters. The number of nitrogens with zero attached hydrogens (tertiary/aromatic N) is 3. The zero-order valence-corrected chi connectivity index (χ0v) is 16.2. The Morgan fingerprint density at radius 1 is 1.11 bits per heavy atom. The number of aromatic nitrogens is 2. The van der Waals surface area contributed by atoms with Crippen LogP contribution in [0.3, 0.4) is 0 Å². The molecule has 4 N–H and O–H groups in total. The van der Waals surface area contributed by atoms with E-state index < -0.39 is 11.7 Å². The average molecular weight is 424 g/mol. The van der Waals surface area contributed by atoms with Gasteiger partial charge in [0.2, 0.25) is 5.95 Å². The van der Waals surface area contributed by atoms with Crippen LogP contribution in [0.4, 0.5) is 24.9 Å². The smallest absolute Gasteiger partial charge is 0.368 e. The summed E-state index contributed by atoms with van der Waals surface area (Å²) in [5.74, 6) is 1.12. The van der Waals surface area contributed by atoms with Crippen molar-refractivity contribution < 1.29 is 13.2 Å². The highest BCUT2D eigenvalue weighted by atomic mass is 35.5. The van der Waals surface area contributed by atoms with Crippen LogP contribution in [-0.4, -0.2) is 23.1 Å². The molecule has 2 aromatic rings. The number of nitrogen functional groups attached to an aromatic ring is 1. The van der Waals surface area contributed by atoms with Crippen molar-refractivity contribution in [1.82, 2.24) is 9.97 Å². The number of alkyl halides is 3. The van der Waals surface area contributed by atoms with E-state index in [-0.39, 0.29) is 36.8 Å². The number of anilines is 2. The van der Waals surface area contributed by atoms with Crippen LogP contribution in [0.15, 0.2) is 30.3 Å². The molecule has 150 valence electrons. The van der Waals surface area contributed by atoms with E-state index in [9.17, 15) is 13.2 Å². The zero-order chi connectivity index (χ0) is 18.2. The van der Waals surface area contributed by atoms with Crippen LogP contribution in [-0.2, 0) is 12.7 Å². The predicted octanol–water partition coefficient (Wildman–Crippen LogP) is 3.76. The summed E-state index contributed by atoms with van der Waals surface area (Å²) in [5, 5.41) is 0. The van der Waals surface area contributed by atoms with Crippen molar-refractivity contribution >= 4 is 36.6 Å². The molecular weight excluding hydrogens is 402 g/mol. The number of benzene rings is 1. The van der Waals surface area contributed by atoms with Crippen molar-refractivity contribution in [3.05, 3.63) is 47.2 Å². The van der Waals surface area contributed by atoms with E-state index in [4.69, 9.17) is 11.5 Å². The SMILES string of the molecule is CN(Cc1ccc(C(F)(F)F)cc1)c1cc(C2CC(N)C2)nc(N)n1.Cl.Cl. The van der Waals surface area contributed by atoms with E-state index in [0.29, 0.717) is 18.3 Å². The van der Waals surface area contributed by atoms with Crippen molar-refractivity contribution in [3.63, 3.8) is 0 Å². The molecule has 27 heavy (non-hydrogen) atoms. The summed E-state index contributed by atoms with van der Waals surface area (Å²) in [4.78, 5) is 10.3. The third-order valence-electron chi connectivity index (χ3n) is 4.43. The van der Waals surface area contributed by atoms with E-state index in [1.54, 1.807) is 0 Å². The molecule has 0 amide bonds. The minimum Gasteiger partial charge on any atom is -0.368 e. The summed E-state index contributed by atoms with van der Waals surface area (Å²) in [6.07, 6.45) is -2.58. The highest BCUT2D eigenvalue weighted by Crippen LogP contribution is 2.36. The first-order valence-corrected chi connectivity index (χ1v) is 7.99. The molecular formula is C17H22Cl2F3N5. The Kier molecular flexibility index (Phi) is 7.71. The molecule has 1 fully saturated rings. The molecule has 0 spiro atoms. The summed E-state index contributed by atoms with van der Waals surface area (Å²) < 4.78 is 37.9. The van der Waals surface area contributed by atoms with Crippen molar-refractivity contribution in [2.24, 2.45) is 5.73 Å². The Bertz CT molecular complexity index is 749. The third kappa shape index (κ3) is 5.60. The number of hydrogen-bond acceptors (Lipinski definition) is 5. The van der Waals surface area contributed by atoms with E-state index >= 15 is 0 Å². The van der Waals surface area contributed by atoms with Gasteiger partial charge >= 0.3 is 6.18 Å². The predicted molar refractivity (Wildman–Crippen MR) is 104 cm³/mol. The second-order valence-corrected chi connectivity index (χ2v) is 6.49. The molecule has 3 rings (SSSR count). The molecule has 1 aliphatic rings. The molecule has 5 nitrogen and oxygen atoms in total. The average Bonchev–Trinajstić information content (AvgIpc) is 2.51. The van der Waals surface area contributed by atoms with Gasteiger partial charge in [0.05, 0.1) is 11.3 Å². The largest absolute Gasteiger partial charge is 0.416 e. The Balaban J connectivity index is 0.00000182. The van der Waals surface area contributed by atoms with Gasteiger partial charge in [-0.3, -0.25) is 0 Å². The lowest BCUT2D eigenvalue weighted by Crippen LogP contribution is -2.35. The molecule has 1 aliphatic carbocycles. The van der Waals surface area contributed by atoms with E-state index in [1.807, 2.05) is 18.0 Å². The first kappa shape index (κ1) is 23.3. The maximum absolute atomic E-state index is 12.6. The molecule has 0 radical (unpaired) electrons. The Morgan fingerprint density at radius 2 is 1.70 bits per heavy atom. The lowest BCUT2D eigenvalue weighted by molar-refractivity contribution is -0.137. The molecule has 1 saturated carbocycles. The molecule has 1 aromatic heterocycles. The van der Waals surface area contributed by atoms with E-state index in [2.05, 4.69) is 9.97 Å². The fraction of sp³-hybridized carbons (Fsp3) is 0.412. The standard InChI is InChI=1S/C17H20F3N5.2ClH/c1-25(9-10-2-4-12(5-3-10)17(18,19)20)15-8-14(23-16(22)24-15)11-6-13(21)7-11;;/h2-5,8,11,13H,6-7,9,21H2,1H3,(H2,22,23,24);2*1H. The van der Waals surface area contributed by atoms with Crippen LogP contribution >= 0.6 is 24.8 Å². The Labute approximate surface area is 168 Å². The Morgan fingerprint density at radius 3 is 2.22 bits per heavy atom. The summed E-state index contributed by atoms with van der Waals surface area (Å²) in [5.41, 5.74) is 12.6. The van der Waals surface area contributed by atoms with Gasteiger partial charge in [0.1, 0.15) is 5.82 Å². The second kappa shape index (κ2) is 8.95. The minimum atomic E-state index is -4.33. The molecule has 0 bridgehead atoms. The van der Waals surface area contributed by atoms with Gasteiger partial charge in [0.25, 0.3) is 0 Å². The number of halogens is 5. The normalized spacial score (nSPS) is 18.7. The maximum atomic E-state index is 12.6. The van der Waals surface area contributed by atoms with Crippen LogP contribution in [0.2, 0.25) is 0 Å². The summed E-state index contributed by atoms with van der Waals surface area (Å²) in [6, 6.07) is 7.18. The van der Waals surface area contributed by atoms with Crippen molar-refractivity contribution in [1.29, 1.82) is 0 Å². The van der Waals surface area contributed by atoms with E-state index in [0.717, 1.165) is 36.2 Å². The quantitative estimate of drug-likeness (QED) is 0.781. The number of hydrogen-bond donors (Lipinski definition) is 2. The van der Waals surface area contributed by atoms with Crippen molar-refractivity contribution in [3.8, 4) is 0 Å². The van der Waals surface area contributed by atoms with Crippen LogP contribution in [0, 0.1) is 0 Å². The fourth-order valence-electron chi connectivity index (χ4n) is 2.93. The van der Waals surface area contributed by atoms with Gasteiger partial charge in [-0.05, 0) is 30.5 Å². The summed E-state index contributed by atoms with van der Waals surface area (Å²) >= 11 is 0. The summed E-state index contributed by atoms with van der Waals surface area (Å²) in [6.45, 7) is 0.415. The molecule has 0 saturated heterocycles. The van der Waals surface area contributed by atoms with Crippen LogP contribution in [0.1, 0.15) is 35.6 Å². The molecule has 0 aliphatic heterocycles. The van der Waals surface area contributed by atoms with Crippen LogP contribution in [0.25, 0.3) is 0 Å². The van der Waals surface area contributed by atoms with Gasteiger partial charge in [0, 0.05) is 31.6 Å². The number of nitrogens with two attached hydrogens (primary N) is 2. The molecule has 10 heteroatoms. The van der Waals surface area contributed by atoms with Gasteiger partial charge in [-0.15, -0.1) is 24.8 Å². The lowest BCUT2D eigenvalue weighted by Gasteiger charge is -2.32. The first-order valence-electron chi connectivity index (χ1n) is 7.99. The van der Waals surface area contributed by atoms with Gasteiger partial charge in [-0.1, -0.05) is 12.1 Å². The highest BCUT2D eigenvalue weighted by Gasteiger charge is 2.30. The Hall–Kier alpha value is -1.77. The minimum absolute atomic E-state index is 0. The molecule has 1 heterocycles. The zero-order valence-electron chi connectivity index (χ0n) is 14.6. The topological polar surface area (TPSA) is 81.1 Å². The van der Waals surface area contributed by atoms with Crippen LogP contribution in [0.5, 0.6) is 0 Å².